The number of methoxy groups -OCH3 is 1. The molecule has 2 N–H and O–H groups in total. The van der Waals surface area contributed by atoms with Gasteiger partial charge < -0.3 is 15.2 Å². The van der Waals surface area contributed by atoms with Crippen LogP contribution in [-0.2, 0) is 0 Å². The van der Waals surface area contributed by atoms with Gasteiger partial charge in [0.1, 0.15) is 5.75 Å². The van der Waals surface area contributed by atoms with Gasteiger partial charge in [-0.3, -0.25) is 0 Å². The fraction of sp³-hybridized carbons (Fsp3) is 0.667. The second-order valence-electron chi connectivity index (χ2n) is 6.49. The molecule has 1 fully saturated rings. The van der Waals surface area contributed by atoms with E-state index in [1.54, 1.807) is 7.11 Å². The van der Waals surface area contributed by atoms with Crippen LogP contribution in [0, 0.1) is 6.92 Å². The Bertz CT molecular complexity index is 451. The predicted molar refractivity (Wildman–Crippen MR) is 86.8 cm³/mol. The van der Waals surface area contributed by atoms with Crippen LogP contribution >= 0.6 is 0 Å². The van der Waals surface area contributed by atoms with Crippen molar-refractivity contribution >= 4 is 0 Å². The summed E-state index contributed by atoms with van der Waals surface area (Å²) in [7, 11) is 1.71. The summed E-state index contributed by atoms with van der Waals surface area (Å²) in [5.74, 6) is 0.911. The molecular weight excluding hydrogens is 262 g/mol. The van der Waals surface area contributed by atoms with Crippen LogP contribution in [0.25, 0.3) is 0 Å². The highest BCUT2D eigenvalue weighted by Crippen LogP contribution is 2.29. The summed E-state index contributed by atoms with van der Waals surface area (Å²) >= 11 is 0. The van der Waals surface area contributed by atoms with Gasteiger partial charge in [-0.25, -0.2) is 0 Å². The molecule has 3 heteroatoms. The topological polar surface area (TPSA) is 41.5 Å². The Morgan fingerprint density at radius 2 is 1.90 bits per heavy atom. The van der Waals surface area contributed by atoms with Crippen LogP contribution in [0.2, 0.25) is 0 Å². The van der Waals surface area contributed by atoms with Crippen LogP contribution in [0.5, 0.6) is 5.75 Å². The molecule has 1 aliphatic rings. The summed E-state index contributed by atoms with van der Waals surface area (Å²) in [6, 6.07) is 6.41. The standard InChI is InChI=1S/C18H29NO2/c1-14-8-9-17(21-3)16(12-14)15(2)19-13-18(20)10-6-4-5-7-11-18/h8-9,12,15,19-20H,4-7,10-11,13H2,1-3H3. The molecule has 0 bridgehead atoms. The van der Waals surface area contributed by atoms with Crippen LogP contribution in [-0.4, -0.2) is 24.4 Å². The number of hydrogen-bond donors (Lipinski definition) is 2. The summed E-state index contributed by atoms with van der Waals surface area (Å²) in [6.07, 6.45) is 6.61. The zero-order chi connectivity index (χ0) is 15.3. The highest BCUT2D eigenvalue weighted by atomic mass is 16.5. The van der Waals surface area contributed by atoms with Crippen LogP contribution in [0.15, 0.2) is 18.2 Å². The lowest BCUT2D eigenvalue weighted by molar-refractivity contribution is 0.0231. The van der Waals surface area contributed by atoms with Gasteiger partial charge in [-0.2, -0.15) is 0 Å². The van der Waals surface area contributed by atoms with Crippen molar-refractivity contribution in [3.8, 4) is 5.75 Å². The van der Waals surface area contributed by atoms with Gasteiger partial charge >= 0.3 is 0 Å². The number of rotatable bonds is 5. The Morgan fingerprint density at radius 1 is 1.24 bits per heavy atom. The number of aliphatic hydroxyl groups is 1. The molecule has 1 aliphatic carbocycles. The maximum atomic E-state index is 10.7. The smallest absolute Gasteiger partial charge is 0.123 e. The van der Waals surface area contributed by atoms with E-state index in [0.29, 0.717) is 6.54 Å². The van der Waals surface area contributed by atoms with Crippen LogP contribution in [0.4, 0.5) is 0 Å². The molecule has 2 rings (SSSR count). The summed E-state index contributed by atoms with van der Waals surface area (Å²) in [5.41, 5.74) is 1.85. The maximum absolute atomic E-state index is 10.7. The highest BCUT2D eigenvalue weighted by molar-refractivity contribution is 5.38. The second kappa shape index (κ2) is 7.28. The molecule has 1 aromatic carbocycles. The van der Waals surface area contributed by atoms with Gasteiger partial charge in [0.25, 0.3) is 0 Å². The molecule has 1 unspecified atom stereocenters. The Hall–Kier alpha value is -1.06. The molecule has 0 aromatic heterocycles. The van der Waals surface area contributed by atoms with Crippen molar-refractivity contribution in [1.29, 1.82) is 0 Å². The van der Waals surface area contributed by atoms with Crippen molar-refractivity contribution in [3.05, 3.63) is 29.3 Å². The van der Waals surface area contributed by atoms with E-state index in [1.807, 2.05) is 6.07 Å². The predicted octanol–water partition coefficient (Wildman–Crippen LogP) is 3.74. The van der Waals surface area contributed by atoms with Crippen molar-refractivity contribution < 1.29 is 9.84 Å². The average molecular weight is 291 g/mol. The van der Waals surface area contributed by atoms with Crippen molar-refractivity contribution in [1.82, 2.24) is 5.32 Å². The third-order valence-electron chi connectivity index (χ3n) is 4.62. The molecule has 0 aliphatic heterocycles. The fourth-order valence-electron chi connectivity index (χ4n) is 3.21. The molecule has 118 valence electrons. The molecule has 3 nitrogen and oxygen atoms in total. The number of nitrogens with one attached hydrogen (secondary N) is 1. The largest absolute Gasteiger partial charge is 0.496 e. The lowest BCUT2D eigenvalue weighted by Crippen LogP contribution is -2.41. The zero-order valence-corrected chi connectivity index (χ0v) is 13.6. The normalized spacial score (nSPS) is 19.8. The molecule has 0 spiro atoms. The van der Waals surface area contributed by atoms with Crippen LogP contribution in [0.1, 0.15) is 62.6 Å². The van der Waals surface area contributed by atoms with Gasteiger partial charge in [0, 0.05) is 18.2 Å². The zero-order valence-electron chi connectivity index (χ0n) is 13.6. The summed E-state index contributed by atoms with van der Waals surface area (Å²) in [4.78, 5) is 0. The van der Waals surface area contributed by atoms with E-state index >= 15 is 0 Å². The van der Waals surface area contributed by atoms with Crippen molar-refractivity contribution in [2.45, 2.75) is 64.0 Å². The lowest BCUT2D eigenvalue weighted by atomic mass is 9.93. The molecule has 1 aromatic rings. The molecule has 0 radical (unpaired) electrons. The third kappa shape index (κ3) is 4.45. The first kappa shape index (κ1) is 16.3. The SMILES string of the molecule is COc1ccc(C)cc1C(C)NCC1(O)CCCCCC1. The average Bonchev–Trinajstić information content (AvgIpc) is 2.70. The third-order valence-corrected chi connectivity index (χ3v) is 4.62. The van der Waals surface area contributed by atoms with Gasteiger partial charge in [0.2, 0.25) is 0 Å². The number of benzene rings is 1. The van der Waals surface area contributed by atoms with Gasteiger partial charge in [0.05, 0.1) is 12.7 Å². The minimum atomic E-state index is -0.540. The van der Waals surface area contributed by atoms with Crippen molar-refractivity contribution in [2.75, 3.05) is 13.7 Å². The second-order valence-corrected chi connectivity index (χ2v) is 6.49. The van der Waals surface area contributed by atoms with Crippen LogP contribution < -0.4 is 10.1 Å². The minimum Gasteiger partial charge on any atom is -0.496 e. The van der Waals surface area contributed by atoms with Gasteiger partial charge in [0.15, 0.2) is 0 Å². The van der Waals surface area contributed by atoms with E-state index in [0.717, 1.165) is 37.0 Å². The number of hydrogen-bond acceptors (Lipinski definition) is 3. The molecule has 0 saturated heterocycles. The number of aryl methyl sites for hydroxylation is 1. The fourth-order valence-corrected chi connectivity index (χ4v) is 3.21. The van der Waals surface area contributed by atoms with E-state index < -0.39 is 5.60 Å². The first-order valence-corrected chi connectivity index (χ1v) is 8.14. The molecule has 0 heterocycles. The summed E-state index contributed by atoms with van der Waals surface area (Å²) in [6.45, 7) is 4.89. The maximum Gasteiger partial charge on any atom is 0.123 e. The van der Waals surface area contributed by atoms with Crippen molar-refractivity contribution in [3.63, 3.8) is 0 Å². The first-order valence-electron chi connectivity index (χ1n) is 8.14. The molecular formula is C18H29NO2. The Morgan fingerprint density at radius 3 is 2.52 bits per heavy atom. The molecule has 0 amide bonds. The minimum absolute atomic E-state index is 0.173. The monoisotopic (exact) mass is 291 g/mol. The number of ether oxygens (including phenoxy) is 1. The first-order chi connectivity index (χ1) is 10.0. The van der Waals surface area contributed by atoms with Gasteiger partial charge in [-0.1, -0.05) is 43.4 Å². The quantitative estimate of drug-likeness (QED) is 0.812. The highest BCUT2D eigenvalue weighted by Gasteiger charge is 2.28. The van der Waals surface area contributed by atoms with Gasteiger partial charge in [-0.15, -0.1) is 0 Å². The van der Waals surface area contributed by atoms with E-state index in [1.165, 1.54) is 18.4 Å². The van der Waals surface area contributed by atoms with E-state index in [-0.39, 0.29) is 6.04 Å². The molecule has 21 heavy (non-hydrogen) atoms. The Labute approximate surface area is 128 Å². The van der Waals surface area contributed by atoms with E-state index in [4.69, 9.17) is 4.74 Å². The molecule has 1 atom stereocenters. The summed E-state index contributed by atoms with van der Waals surface area (Å²) < 4.78 is 5.46. The van der Waals surface area contributed by atoms with E-state index in [9.17, 15) is 5.11 Å². The van der Waals surface area contributed by atoms with Gasteiger partial charge in [-0.05, 0) is 32.8 Å². The Kier molecular flexibility index (Phi) is 5.65. The van der Waals surface area contributed by atoms with Crippen molar-refractivity contribution in [2.24, 2.45) is 0 Å². The lowest BCUT2D eigenvalue weighted by Gasteiger charge is -2.29. The van der Waals surface area contributed by atoms with Crippen LogP contribution in [0.3, 0.4) is 0 Å². The Balaban J connectivity index is 2.00. The molecule has 1 saturated carbocycles. The van der Waals surface area contributed by atoms with E-state index in [2.05, 4.69) is 31.3 Å². The summed E-state index contributed by atoms with van der Waals surface area (Å²) in [5, 5.41) is 14.2.